The van der Waals surface area contributed by atoms with Crippen LogP contribution in [0.4, 0.5) is 17.1 Å². The minimum absolute atomic E-state index is 0.0364. The van der Waals surface area contributed by atoms with Crippen LogP contribution in [0.3, 0.4) is 0 Å². The van der Waals surface area contributed by atoms with Crippen LogP contribution in [0.15, 0.2) is 176 Å². The van der Waals surface area contributed by atoms with Gasteiger partial charge in [-0.05, 0) is 164 Å². The second kappa shape index (κ2) is 16.1. The Kier molecular flexibility index (Phi) is 10.1. The number of unbranched alkanes of at least 4 members (excludes halogenated alkanes) is 2. The first-order valence-electron chi connectivity index (χ1n) is 24.1. The summed E-state index contributed by atoms with van der Waals surface area (Å²) >= 11 is 0. The molecule has 320 valence electrons. The van der Waals surface area contributed by atoms with Crippen molar-refractivity contribution in [1.82, 2.24) is 0 Å². The molecule has 2 aliphatic carbocycles. The van der Waals surface area contributed by atoms with Crippen molar-refractivity contribution in [3.8, 4) is 44.5 Å². The molecular formula is C64H59N. The molecule has 0 amide bonds. The summed E-state index contributed by atoms with van der Waals surface area (Å²) in [5, 5.41) is 5.22. The predicted molar refractivity (Wildman–Crippen MR) is 279 cm³/mol. The van der Waals surface area contributed by atoms with Gasteiger partial charge >= 0.3 is 0 Å². The van der Waals surface area contributed by atoms with Crippen LogP contribution >= 0.6 is 0 Å². The van der Waals surface area contributed by atoms with E-state index in [0.717, 1.165) is 11.4 Å². The molecule has 1 nitrogen and oxygen atoms in total. The lowest BCUT2D eigenvalue weighted by Crippen LogP contribution is -2.25. The molecule has 0 heterocycles. The first-order chi connectivity index (χ1) is 31.7. The second-order valence-corrected chi connectivity index (χ2v) is 19.6. The lowest BCUT2D eigenvalue weighted by atomic mass is 9.70. The third kappa shape index (κ3) is 6.57. The average molecular weight is 842 g/mol. The fourth-order valence-electron chi connectivity index (χ4n) is 11.8. The summed E-state index contributed by atoms with van der Waals surface area (Å²) in [7, 11) is 0. The van der Waals surface area contributed by atoms with Crippen LogP contribution in [0.5, 0.6) is 0 Å². The normalized spacial score (nSPS) is 14.0. The van der Waals surface area contributed by atoms with E-state index in [1.54, 1.807) is 0 Å². The SMILES string of the molecule is CCCCC1(CCCC)c2ccccc2-c2ccc(-c3c4ccccc4c(-c4ccc5c(c4)C(C)(C)c4cc(N(c6ccc(C)cc6)c6ccc(C)cc6)ccc4-5)c4ccccc34)cc21. The summed E-state index contributed by atoms with van der Waals surface area (Å²) in [4.78, 5) is 2.40. The van der Waals surface area contributed by atoms with E-state index in [4.69, 9.17) is 0 Å². The molecule has 9 aromatic rings. The molecule has 0 unspecified atom stereocenters. The van der Waals surface area contributed by atoms with Crippen molar-refractivity contribution in [1.29, 1.82) is 0 Å². The van der Waals surface area contributed by atoms with E-state index in [-0.39, 0.29) is 10.8 Å². The highest BCUT2D eigenvalue weighted by atomic mass is 15.1. The summed E-state index contributed by atoms with van der Waals surface area (Å²) in [5.41, 5.74) is 22.4. The molecule has 0 atom stereocenters. The van der Waals surface area contributed by atoms with Gasteiger partial charge in [-0.1, -0.05) is 192 Å². The Balaban J connectivity index is 1.05. The minimum Gasteiger partial charge on any atom is -0.310 e. The summed E-state index contributed by atoms with van der Waals surface area (Å²) in [5.74, 6) is 0. The Labute approximate surface area is 386 Å². The molecule has 0 radical (unpaired) electrons. The number of aryl methyl sites for hydroxylation is 2. The van der Waals surface area contributed by atoms with Gasteiger partial charge in [0, 0.05) is 27.9 Å². The van der Waals surface area contributed by atoms with Crippen LogP contribution in [0.25, 0.3) is 66.1 Å². The topological polar surface area (TPSA) is 3.24 Å². The lowest BCUT2D eigenvalue weighted by molar-refractivity contribution is 0.414. The lowest BCUT2D eigenvalue weighted by Gasteiger charge is -2.33. The van der Waals surface area contributed by atoms with Crippen LogP contribution in [-0.2, 0) is 10.8 Å². The van der Waals surface area contributed by atoms with Gasteiger partial charge in [-0.15, -0.1) is 0 Å². The molecule has 65 heavy (non-hydrogen) atoms. The van der Waals surface area contributed by atoms with E-state index >= 15 is 0 Å². The maximum Gasteiger partial charge on any atom is 0.0465 e. The molecule has 0 spiro atoms. The average Bonchev–Trinajstić information content (AvgIpc) is 3.73. The summed E-state index contributed by atoms with van der Waals surface area (Å²) in [6.45, 7) is 13.8. The third-order valence-corrected chi connectivity index (χ3v) is 15.2. The molecular weight excluding hydrogens is 783 g/mol. The molecule has 0 aromatic heterocycles. The zero-order valence-corrected chi connectivity index (χ0v) is 38.9. The van der Waals surface area contributed by atoms with Crippen molar-refractivity contribution in [2.24, 2.45) is 0 Å². The van der Waals surface area contributed by atoms with E-state index < -0.39 is 0 Å². The van der Waals surface area contributed by atoms with Crippen LogP contribution in [0.1, 0.15) is 99.6 Å². The van der Waals surface area contributed by atoms with Gasteiger partial charge in [-0.3, -0.25) is 0 Å². The van der Waals surface area contributed by atoms with Gasteiger partial charge in [-0.25, -0.2) is 0 Å². The van der Waals surface area contributed by atoms with Gasteiger partial charge in [0.1, 0.15) is 0 Å². The Morgan fingerprint density at radius 1 is 0.385 bits per heavy atom. The van der Waals surface area contributed by atoms with Gasteiger partial charge < -0.3 is 4.90 Å². The molecule has 9 aromatic carbocycles. The maximum atomic E-state index is 2.61. The van der Waals surface area contributed by atoms with Gasteiger partial charge in [0.2, 0.25) is 0 Å². The van der Waals surface area contributed by atoms with Crippen molar-refractivity contribution in [3.63, 3.8) is 0 Å². The third-order valence-electron chi connectivity index (χ3n) is 15.2. The summed E-state index contributed by atoms with van der Waals surface area (Å²) < 4.78 is 0. The zero-order valence-electron chi connectivity index (χ0n) is 38.9. The summed E-state index contributed by atoms with van der Waals surface area (Å²) in [6, 6.07) is 67.4. The molecule has 0 aliphatic heterocycles. The monoisotopic (exact) mass is 841 g/mol. The molecule has 2 aliphatic rings. The number of nitrogens with zero attached hydrogens (tertiary/aromatic N) is 1. The summed E-state index contributed by atoms with van der Waals surface area (Å²) in [6.07, 6.45) is 7.24. The van der Waals surface area contributed by atoms with E-state index in [2.05, 4.69) is 222 Å². The van der Waals surface area contributed by atoms with Crippen molar-refractivity contribution < 1.29 is 0 Å². The highest BCUT2D eigenvalue weighted by molar-refractivity contribution is 6.21. The van der Waals surface area contributed by atoms with Crippen LogP contribution in [0, 0.1) is 13.8 Å². The van der Waals surface area contributed by atoms with Crippen LogP contribution < -0.4 is 4.90 Å². The molecule has 1 heteroatoms. The van der Waals surface area contributed by atoms with E-state index in [1.807, 2.05) is 0 Å². The quantitative estimate of drug-likeness (QED) is 0.117. The highest BCUT2D eigenvalue weighted by Gasteiger charge is 2.42. The number of hydrogen-bond donors (Lipinski definition) is 0. The number of fused-ring (bicyclic) bond motifs is 8. The van der Waals surface area contributed by atoms with Crippen molar-refractivity contribution in [2.75, 3.05) is 4.90 Å². The first kappa shape index (κ1) is 41.0. The predicted octanol–water partition coefficient (Wildman–Crippen LogP) is 18.4. The first-order valence-corrected chi connectivity index (χ1v) is 24.1. The largest absolute Gasteiger partial charge is 0.310 e. The number of benzene rings is 9. The molecule has 0 fully saturated rings. The maximum absolute atomic E-state index is 2.61. The zero-order chi connectivity index (χ0) is 44.5. The van der Waals surface area contributed by atoms with E-state index in [9.17, 15) is 0 Å². The van der Waals surface area contributed by atoms with E-state index in [0.29, 0.717) is 0 Å². The molecule has 0 bridgehead atoms. The highest BCUT2D eigenvalue weighted by Crippen LogP contribution is 2.57. The fraction of sp³-hybridized carbons (Fsp3) is 0.219. The van der Waals surface area contributed by atoms with E-state index in [1.165, 1.54) is 144 Å². The van der Waals surface area contributed by atoms with Crippen molar-refractivity contribution in [3.05, 3.63) is 209 Å². The number of hydrogen-bond acceptors (Lipinski definition) is 1. The smallest absolute Gasteiger partial charge is 0.0465 e. The van der Waals surface area contributed by atoms with Gasteiger partial charge in [-0.2, -0.15) is 0 Å². The fourth-order valence-corrected chi connectivity index (χ4v) is 11.8. The minimum atomic E-state index is -0.210. The Morgan fingerprint density at radius 3 is 1.29 bits per heavy atom. The molecule has 0 N–H and O–H groups in total. The van der Waals surface area contributed by atoms with Gasteiger partial charge in [0.05, 0.1) is 0 Å². The number of anilines is 3. The van der Waals surface area contributed by atoms with Crippen LogP contribution in [0.2, 0.25) is 0 Å². The Hall–Kier alpha value is -6.70. The Morgan fingerprint density at radius 2 is 0.785 bits per heavy atom. The van der Waals surface area contributed by atoms with Gasteiger partial charge in [0.25, 0.3) is 0 Å². The van der Waals surface area contributed by atoms with Gasteiger partial charge in [0.15, 0.2) is 0 Å². The van der Waals surface area contributed by atoms with Crippen LogP contribution in [-0.4, -0.2) is 0 Å². The number of rotatable bonds is 11. The van der Waals surface area contributed by atoms with Crippen molar-refractivity contribution >= 4 is 38.6 Å². The molecule has 0 saturated carbocycles. The standard InChI is InChI=1S/C64H59N/c1-7-9-37-64(38-10-8-2)57-22-16-15-17-49(57)52-35-28-45(40-60(52)64)62-55-20-13-11-18-53(55)61(54-19-12-14-21-56(54)62)44-27-34-50-51-36-33-48(41-59(51)63(5,6)58(50)39-44)65(46-29-23-42(3)24-30-46)47-31-25-43(4)26-32-47/h11-36,39-41H,7-10,37-38H2,1-6H3. The second-order valence-electron chi connectivity index (χ2n) is 19.6. The molecule has 0 saturated heterocycles. The van der Waals surface area contributed by atoms with Crippen molar-refractivity contribution in [2.45, 2.75) is 90.9 Å². The Bertz CT molecular complexity index is 3160. The molecule has 11 rings (SSSR count).